The summed E-state index contributed by atoms with van der Waals surface area (Å²) in [5.74, 6) is -3.65. The molecule has 2 aliphatic rings. The van der Waals surface area contributed by atoms with Crippen LogP contribution in [0.15, 0.2) is 46.5 Å². The van der Waals surface area contributed by atoms with Gasteiger partial charge in [-0.25, -0.2) is 9.78 Å². The number of phenols is 1. The van der Waals surface area contributed by atoms with Gasteiger partial charge in [0, 0.05) is 24.3 Å². The molecule has 4 amide bonds. The molecule has 0 saturated carbocycles. The van der Waals surface area contributed by atoms with E-state index in [1.165, 1.54) is 24.3 Å². The third-order valence-electron chi connectivity index (χ3n) is 6.22. The Morgan fingerprint density at radius 2 is 1.89 bits per heavy atom. The number of rotatable bonds is 10. The van der Waals surface area contributed by atoms with Crippen LogP contribution in [0.4, 0.5) is 16.4 Å². The summed E-state index contributed by atoms with van der Waals surface area (Å²) in [6.07, 6.45) is 1.14. The van der Waals surface area contributed by atoms with Gasteiger partial charge in [-0.1, -0.05) is 12.1 Å². The number of amides is 4. The Labute approximate surface area is 276 Å². The summed E-state index contributed by atoms with van der Waals surface area (Å²) >= 11 is 1.15. The molecule has 0 spiro atoms. The second-order valence-electron chi connectivity index (χ2n) is 9.81. The van der Waals surface area contributed by atoms with Gasteiger partial charge in [-0.3, -0.25) is 29.1 Å². The number of fused-ring (bicyclic) bond motifs is 1. The number of thioether (sulfide) groups is 1. The number of esters is 1. The molecule has 6 N–H and O–H groups in total. The SMILES string of the molecule is CC(=O)OCC1=C(C(=O)[O-])N2C(=O)C(NC(=O)[C@H](NC(=O)Nc3cnc(NC(C)C)[nH]c3=O)c3ccc(O)cc3)[C@H]2SC1.[Na+]. The number of hydrogen-bond donors (Lipinski definition) is 6. The van der Waals surface area contributed by atoms with Crippen molar-refractivity contribution in [2.75, 3.05) is 23.0 Å². The van der Waals surface area contributed by atoms with Crippen LogP contribution in [-0.2, 0) is 23.9 Å². The van der Waals surface area contributed by atoms with E-state index in [4.69, 9.17) is 4.74 Å². The number of urea groups is 1. The number of carboxylic acid groups (broad SMARTS) is 1. The topological polar surface area (TPSA) is 235 Å². The Kier molecular flexibility index (Phi) is 11.4. The van der Waals surface area contributed by atoms with Crippen molar-refractivity contribution in [1.29, 1.82) is 0 Å². The van der Waals surface area contributed by atoms with E-state index in [-0.39, 0.29) is 76.5 Å². The number of aliphatic carboxylic acids is 1. The van der Waals surface area contributed by atoms with Crippen molar-refractivity contribution in [3.8, 4) is 5.75 Å². The molecular weight excluding hydrogens is 609 g/mol. The zero-order chi connectivity index (χ0) is 31.4. The Balaban J connectivity index is 0.00000529. The van der Waals surface area contributed by atoms with Crippen LogP contribution in [0.25, 0.3) is 0 Å². The molecule has 1 aromatic carbocycles. The number of anilines is 2. The van der Waals surface area contributed by atoms with E-state index >= 15 is 0 Å². The Hall–Kier alpha value is -4.06. The van der Waals surface area contributed by atoms with Crippen LogP contribution in [0.5, 0.6) is 5.75 Å². The van der Waals surface area contributed by atoms with E-state index in [1.807, 2.05) is 13.8 Å². The molecule has 0 bridgehead atoms. The molecule has 1 fully saturated rings. The quantitative estimate of drug-likeness (QED) is 0.0834. The maximum absolute atomic E-state index is 13.4. The molecule has 3 atom stereocenters. The van der Waals surface area contributed by atoms with Gasteiger partial charge in [0.05, 0.1) is 17.9 Å². The number of benzene rings is 1. The van der Waals surface area contributed by atoms with Crippen LogP contribution in [-0.4, -0.2) is 79.6 Å². The standard InChI is InChI=1S/C26H29N7O9S.Na/c1-11(2)28-25-27-8-16(20(36)32-25)29-26(41)31-17(13-4-6-15(35)7-5-13)21(37)30-18-22(38)33-19(24(39)40)14(9-42-12(3)34)10-43-23(18)33;/h4-8,11,17-18,23,35H,9-10H2,1-3H3,(H,30,37)(H,39,40)(H2,29,31,41)(H2,27,28,32,36);/q;+1/p-1/t17-,18?,23-;/m1./s1. The Morgan fingerprint density at radius 3 is 2.48 bits per heavy atom. The van der Waals surface area contributed by atoms with Crippen molar-refractivity contribution < 1.29 is 68.5 Å². The van der Waals surface area contributed by atoms with Crippen molar-refractivity contribution in [3.63, 3.8) is 0 Å². The fourth-order valence-corrected chi connectivity index (χ4v) is 5.62. The molecule has 3 heterocycles. The van der Waals surface area contributed by atoms with Crippen LogP contribution in [0.1, 0.15) is 32.4 Å². The molecule has 228 valence electrons. The number of phenolic OH excluding ortho intramolecular Hbond substituents is 1. The molecule has 4 rings (SSSR count). The first-order valence-corrected chi connectivity index (χ1v) is 13.9. The summed E-state index contributed by atoms with van der Waals surface area (Å²) in [7, 11) is 0. The molecule has 0 radical (unpaired) electrons. The fraction of sp³-hybridized carbons (Fsp3) is 0.346. The van der Waals surface area contributed by atoms with E-state index in [9.17, 15) is 39.0 Å². The minimum Gasteiger partial charge on any atom is -0.543 e. The number of β-lactam (4-membered cyclic amide) rings is 1. The van der Waals surface area contributed by atoms with Crippen molar-refractivity contribution in [3.05, 3.63) is 57.6 Å². The van der Waals surface area contributed by atoms with Gasteiger partial charge in [0.25, 0.3) is 11.5 Å². The third kappa shape index (κ3) is 7.90. The summed E-state index contributed by atoms with van der Waals surface area (Å²) in [5.41, 5.74) is -0.883. The zero-order valence-electron chi connectivity index (χ0n) is 24.1. The fourth-order valence-electron chi connectivity index (χ4n) is 4.30. The van der Waals surface area contributed by atoms with Crippen LogP contribution in [0.3, 0.4) is 0 Å². The van der Waals surface area contributed by atoms with Crippen molar-refractivity contribution in [2.24, 2.45) is 0 Å². The summed E-state index contributed by atoms with van der Waals surface area (Å²) in [4.78, 5) is 82.2. The maximum Gasteiger partial charge on any atom is 1.00 e. The number of nitrogens with zero attached hydrogens (tertiary/aromatic N) is 2. The summed E-state index contributed by atoms with van der Waals surface area (Å²) in [6, 6.07) is 1.82. The minimum absolute atomic E-state index is 0. The second-order valence-corrected chi connectivity index (χ2v) is 10.9. The summed E-state index contributed by atoms with van der Waals surface area (Å²) in [5, 5.41) is 31.0. The first-order valence-electron chi connectivity index (χ1n) is 12.9. The van der Waals surface area contributed by atoms with Crippen molar-refractivity contribution in [2.45, 2.75) is 44.3 Å². The first kappa shape index (κ1) is 34.4. The van der Waals surface area contributed by atoms with E-state index in [1.54, 1.807) is 0 Å². The number of carbonyl (C=O) groups is 5. The number of aromatic hydroxyl groups is 1. The largest absolute Gasteiger partial charge is 1.00 e. The van der Waals surface area contributed by atoms with Gasteiger partial charge < -0.3 is 41.0 Å². The molecule has 44 heavy (non-hydrogen) atoms. The smallest absolute Gasteiger partial charge is 0.543 e. The summed E-state index contributed by atoms with van der Waals surface area (Å²) in [6.45, 7) is 4.51. The number of aromatic nitrogens is 2. The number of nitrogens with one attached hydrogen (secondary N) is 5. The van der Waals surface area contributed by atoms with Crippen LogP contribution < -0.4 is 61.5 Å². The van der Waals surface area contributed by atoms with Crippen LogP contribution >= 0.6 is 11.8 Å². The molecule has 1 aromatic heterocycles. The van der Waals surface area contributed by atoms with E-state index in [0.717, 1.165) is 29.8 Å². The zero-order valence-corrected chi connectivity index (χ0v) is 26.9. The number of carboxylic acids is 1. The Bertz CT molecular complexity index is 1550. The molecule has 1 unspecified atom stereocenters. The monoisotopic (exact) mass is 637 g/mol. The average molecular weight is 638 g/mol. The van der Waals surface area contributed by atoms with E-state index in [2.05, 4.69) is 31.2 Å². The van der Waals surface area contributed by atoms with Gasteiger partial charge in [0.2, 0.25) is 11.9 Å². The first-order chi connectivity index (χ1) is 20.3. The van der Waals surface area contributed by atoms with Gasteiger partial charge in [-0.15, -0.1) is 11.8 Å². The number of H-pyrrole nitrogens is 1. The van der Waals surface area contributed by atoms with Gasteiger partial charge in [-0.05, 0) is 31.5 Å². The summed E-state index contributed by atoms with van der Waals surface area (Å²) < 4.78 is 4.89. The molecule has 16 nitrogen and oxygen atoms in total. The van der Waals surface area contributed by atoms with Gasteiger partial charge in [-0.2, -0.15) is 0 Å². The molecule has 1 saturated heterocycles. The maximum atomic E-state index is 13.4. The molecule has 2 aliphatic heterocycles. The van der Waals surface area contributed by atoms with E-state index in [0.29, 0.717) is 0 Å². The second kappa shape index (κ2) is 14.6. The van der Waals surface area contributed by atoms with Gasteiger partial charge >= 0.3 is 41.6 Å². The van der Waals surface area contributed by atoms with E-state index < -0.39 is 58.5 Å². The third-order valence-corrected chi connectivity index (χ3v) is 7.56. The molecular formula is C26H28N7NaO9S. The number of ether oxygens (including phenoxy) is 1. The average Bonchev–Trinajstić information content (AvgIpc) is 2.94. The number of aromatic amines is 1. The number of carbonyl (C=O) groups excluding carboxylic acids is 5. The van der Waals surface area contributed by atoms with Gasteiger partial charge in [0.15, 0.2) is 0 Å². The normalized spacial score (nSPS) is 17.8. The van der Waals surface area contributed by atoms with Crippen molar-refractivity contribution >= 4 is 53.2 Å². The predicted molar refractivity (Wildman–Crippen MR) is 150 cm³/mol. The van der Waals surface area contributed by atoms with Crippen LogP contribution in [0, 0.1) is 0 Å². The van der Waals surface area contributed by atoms with Crippen molar-refractivity contribution in [1.82, 2.24) is 25.5 Å². The molecule has 18 heteroatoms. The number of hydrogen-bond acceptors (Lipinski definition) is 12. The predicted octanol–water partition coefficient (Wildman–Crippen LogP) is -3.87. The van der Waals surface area contributed by atoms with Gasteiger partial charge in [0.1, 0.15) is 35.5 Å². The molecule has 0 aliphatic carbocycles. The Morgan fingerprint density at radius 1 is 1.20 bits per heavy atom. The minimum atomic E-state index is -1.64. The van der Waals surface area contributed by atoms with Crippen LogP contribution in [0.2, 0.25) is 0 Å². The molecule has 2 aromatic rings.